The molecule has 0 bridgehead atoms. The molecule has 1 aliphatic heterocycles. The van der Waals surface area contributed by atoms with Gasteiger partial charge in [-0.05, 0) is 23.3 Å². The molecule has 3 rings (SSSR count). The number of amides is 1. The van der Waals surface area contributed by atoms with E-state index in [0.29, 0.717) is 5.57 Å². The summed E-state index contributed by atoms with van der Waals surface area (Å²) in [6.07, 6.45) is 1.91. The van der Waals surface area contributed by atoms with Gasteiger partial charge in [0.1, 0.15) is 0 Å². The summed E-state index contributed by atoms with van der Waals surface area (Å²) in [7, 11) is 0. The highest BCUT2D eigenvalue weighted by molar-refractivity contribution is 8.00. The van der Waals surface area contributed by atoms with Gasteiger partial charge in [0.2, 0.25) is 5.91 Å². The van der Waals surface area contributed by atoms with E-state index in [-0.39, 0.29) is 11.2 Å². The van der Waals surface area contributed by atoms with Crippen LogP contribution in [0.3, 0.4) is 0 Å². The number of carbonyl (C=O) groups excluding carboxylic acids is 1. The Kier molecular flexibility index (Phi) is 3.13. The first-order valence-corrected chi connectivity index (χ1v) is 6.96. The second-order valence-corrected chi connectivity index (χ2v) is 5.56. The highest BCUT2D eigenvalue weighted by Gasteiger charge is 2.26. The highest BCUT2D eigenvalue weighted by Crippen LogP contribution is 2.46. The van der Waals surface area contributed by atoms with Gasteiger partial charge in [-0.3, -0.25) is 4.79 Å². The summed E-state index contributed by atoms with van der Waals surface area (Å²) in [4.78, 5) is 12.9. The van der Waals surface area contributed by atoms with Crippen molar-refractivity contribution in [2.45, 2.75) is 10.1 Å². The predicted octanol–water partition coefficient (Wildman–Crippen LogP) is 3.40. The number of thioether (sulfide) groups is 1. The minimum absolute atomic E-state index is 0.0198. The van der Waals surface area contributed by atoms with Gasteiger partial charge < -0.3 is 5.73 Å². The van der Waals surface area contributed by atoms with Crippen molar-refractivity contribution in [1.29, 1.82) is 0 Å². The van der Waals surface area contributed by atoms with E-state index in [1.807, 2.05) is 54.6 Å². The molecule has 1 atom stereocenters. The van der Waals surface area contributed by atoms with Crippen LogP contribution in [0, 0.1) is 0 Å². The fourth-order valence-corrected chi connectivity index (χ4v) is 3.50. The van der Waals surface area contributed by atoms with Crippen molar-refractivity contribution < 1.29 is 4.79 Å². The molecule has 2 nitrogen and oxygen atoms in total. The molecule has 3 heteroatoms. The first kappa shape index (κ1) is 12.1. The summed E-state index contributed by atoms with van der Waals surface area (Å²) in [6, 6.07) is 18.1. The number of nitrogens with two attached hydrogens (primary N) is 1. The summed E-state index contributed by atoms with van der Waals surface area (Å²) >= 11 is 1.68. The molecule has 94 valence electrons. The van der Waals surface area contributed by atoms with Crippen LogP contribution in [0.5, 0.6) is 0 Å². The molecule has 1 heterocycles. The Bertz CT molecular complexity index is 649. The van der Waals surface area contributed by atoms with E-state index in [1.165, 1.54) is 4.90 Å². The maximum atomic E-state index is 11.7. The van der Waals surface area contributed by atoms with Crippen molar-refractivity contribution in [3.8, 4) is 0 Å². The Balaban J connectivity index is 2.10. The highest BCUT2D eigenvalue weighted by atomic mass is 32.2. The number of carbonyl (C=O) groups is 1. The van der Waals surface area contributed by atoms with Crippen LogP contribution in [0.2, 0.25) is 0 Å². The second-order valence-electron chi connectivity index (χ2n) is 4.41. The molecule has 0 spiro atoms. The van der Waals surface area contributed by atoms with E-state index in [1.54, 1.807) is 11.8 Å². The van der Waals surface area contributed by atoms with Gasteiger partial charge in [-0.2, -0.15) is 0 Å². The SMILES string of the molecule is NC(=O)C1=Cc2ccccc2SC1c1ccccc1. The molecule has 1 unspecified atom stereocenters. The molecular weight excluding hydrogens is 254 g/mol. The Morgan fingerprint density at radius 3 is 2.42 bits per heavy atom. The maximum Gasteiger partial charge on any atom is 0.246 e. The lowest BCUT2D eigenvalue weighted by atomic mass is 10.0. The molecule has 0 aromatic heterocycles. The fraction of sp³-hybridized carbons (Fsp3) is 0.0625. The van der Waals surface area contributed by atoms with Crippen LogP contribution in [0.1, 0.15) is 16.4 Å². The molecule has 2 aromatic rings. The Hall–Kier alpha value is -2.00. The molecule has 0 fully saturated rings. The predicted molar refractivity (Wildman–Crippen MR) is 78.7 cm³/mol. The van der Waals surface area contributed by atoms with Gasteiger partial charge in [-0.25, -0.2) is 0 Å². The lowest BCUT2D eigenvalue weighted by Gasteiger charge is -2.24. The minimum atomic E-state index is -0.351. The smallest absolute Gasteiger partial charge is 0.246 e. The summed E-state index contributed by atoms with van der Waals surface area (Å²) in [5.41, 5.74) is 8.36. The number of benzene rings is 2. The van der Waals surface area contributed by atoms with Crippen molar-refractivity contribution in [2.75, 3.05) is 0 Å². The number of rotatable bonds is 2. The van der Waals surface area contributed by atoms with Gasteiger partial charge in [0, 0.05) is 10.5 Å². The van der Waals surface area contributed by atoms with Gasteiger partial charge >= 0.3 is 0 Å². The molecule has 0 radical (unpaired) electrons. The van der Waals surface area contributed by atoms with E-state index in [2.05, 4.69) is 6.07 Å². The van der Waals surface area contributed by atoms with Crippen LogP contribution >= 0.6 is 11.8 Å². The number of primary amides is 1. The van der Waals surface area contributed by atoms with Crippen molar-refractivity contribution in [3.63, 3.8) is 0 Å². The zero-order chi connectivity index (χ0) is 13.2. The van der Waals surface area contributed by atoms with Gasteiger partial charge in [-0.15, -0.1) is 11.8 Å². The van der Waals surface area contributed by atoms with Crippen molar-refractivity contribution in [1.82, 2.24) is 0 Å². The second kappa shape index (κ2) is 4.94. The van der Waals surface area contributed by atoms with Crippen molar-refractivity contribution >= 4 is 23.7 Å². The topological polar surface area (TPSA) is 43.1 Å². The fourth-order valence-electron chi connectivity index (χ4n) is 2.22. The normalized spacial score (nSPS) is 17.5. The zero-order valence-electron chi connectivity index (χ0n) is 10.2. The molecule has 1 aliphatic rings. The minimum Gasteiger partial charge on any atom is -0.366 e. The van der Waals surface area contributed by atoms with E-state index in [4.69, 9.17) is 5.73 Å². The Morgan fingerprint density at radius 2 is 1.68 bits per heavy atom. The molecule has 2 N–H and O–H groups in total. The zero-order valence-corrected chi connectivity index (χ0v) is 11.1. The maximum absolute atomic E-state index is 11.7. The number of hydrogen-bond donors (Lipinski definition) is 1. The Morgan fingerprint density at radius 1 is 1.00 bits per heavy atom. The average Bonchev–Trinajstić information content (AvgIpc) is 2.46. The lowest BCUT2D eigenvalue weighted by molar-refractivity contribution is -0.114. The lowest BCUT2D eigenvalue weighted by Crippen LogP contribution is -2.19. The van der Waals surface area contributed by atoms with Gasteiger partial charge in [0.25, 0.3) is 0 Å². The van der Waals surface area contributed by atoms with E-state index in [0.717, 1.165) is 11.1 Å². The third-order valence-electron chi connectivity index (χ3n) is 3.14. The molecule has 19 heavy (non-hydrogen) atoms. The molecule has 2 aromatic carbocycles. The number of fused-ring (bicyclic) bond motifs is 1. The quantitative estimate of drug-likeness (QED) is 0.906. The molecular formula is C16H13NOS. The van der Waals surface area contributed by atoms with Gasteiger partial charge in [0.05, 0.1) is 5.25 Å². The van der Waals surface area contributed by atoms with E-state index >= 15 is 0 Å². The van der Waals surface area contributed by atoms with Crippen LogP contribution in [0.15, 0.2) is 65.1 Å². The van der Waals surface area contributed by atoms with E-state index < -0.39 is 0 Å². The standard InChI is InChI=1S/C16H13NOS/c17-16(18)13-10-12-8-4-5-9-14(12)19-15(13)11-6-2-1-3-7-11/h1-10,15H,(H2,17,18). The van der Waals surface area contributed by atoms with Gasteiger partial charge in [-0.1, -0.05) is 48.5 Å². The average molecular weight is 267 g/mol. The Labute approximate surface area is 116 Å². The molecule has 0 saturated heterocycles. The largest absolute Gasteiger partial charge is 0.366 e. The number of hydrogen-bond acceptors (Lipinski definition) is 2. The van der Waals surface area contributed by atoms with E-state index in [9.17, 15) is 4.79 Å². The summed E-state index contributed by atoms with van der Waals surface area (Å²) in [6.45, 7) is 0. The summed E-state index contributed by atoms with van der Waals surface area (Å²) in [5.74, 6) is -0.351. The first-order chi connectivity index (χ1) is 9.25. The van der Waals surface area contributed by atoms with Crippen LogP contribution in [-0.2, 0) is 4.79 Å². The first-order valence-electron chi connectivity index (χ1n) is 6.08. The van der Waals surface area contributed by atoms with Crippen LogP contribution in [0.25, 0.3) is 6.08 Å². The van der Waals surface area contributed by atoms with Crippen LogP contribution in [0.4, 0.5) is 0 Å². The molecule has 1 amide bonds. The van der Waals surface area contributed by atoms with Crippen molar-refractivity contribution in [2.24, 2.45) is 5.73 Å². The van der Waals surface area contributed by atoms with Crippen LogP contribution < -0.4 is 5.73 Å². The summed E-state index contributed by atoms with van der Waals surface area (Å²) in [5, 5.41) is -0.0198. The van der Waals surface area contributed by atoms with Crippen LogP contribution in [-0.4, -0.2) is 5.91 Å². The molecule has 0 saturated carbocycles. The third kappa shape index (κ3) is 2.29. The summed E-state index contributed by atoms with van der Waals surface area (Å²) < 4.78 is 0. The monoisotopic (exact) mass is 267 g/mol. The molecule has 0 aliphatic carbocycles. The third-order valence-corrected chi connectivity index (χ3v) is 4.53. The van der Waals surface area contributed by atoms with Gasteiger partial charge in [0.15, 0.2) is 0 Å². The van der Waals surface area contributed by atoms with Crippen molar-refractivity contribution in [3.05, 3.63) is 71.3 Å².